The number of aromatic nitrogens is 2. The van der Waals surface area contributed by atoms with Crippen molar-refractivity contribution in [3.63, 3.8) is 0 Å². The molecule has 0 saturated carbocycles. The van der Waals surface area contributed by atoms with Gasteiger partial charge in [0.2, 0.25) is 23.6 Å². The van der Waals surface area contributed by atoms with Crippen molar-refractivity contribution >= 4 is 29.9 Å². The minimum absolute atomic E-state index is 0.111. The predicted molar refractivity (Wildman–Crippen MR) is 138 cm³/mol. The highest BCUT2D eigenvalue weighted by atomic mass is 16.2. The summed E-state index contributed by atoms with van der Waals surface area (Å²) in [5.74, 6) is -2.16. The molecule has 0 aliphatic rings. The molecule has 1 rings (SSSR count). The molecule has 0 unspecified atom stereocenters. The summed E-state index contributed by atoms with van der Waals surface area (Å²) < 4.78 is 0.771. The van der Waals surface area contributed by atoms with Crippen LogP contribution in [-0.4, -0.2) is 102 Å². The van der Waals surface area contributed by atoms with Gasteiger partial charge < -0.3 is 41.3 Å². The maximum atomic E-state index is 13.0. The molecule has 0 aliphatic carbocycles. The summed E-state index contributed by atoms with van der Waals surface area (Å²) in [6.45, 7) is 5.41. The number of carbonyl (C=O) groups excluding carboxylic acids is 5. The van der Waals surface area contributed by atoms with Gasteiger partial charge >= 0.3 is 0 Å². The van der Waals surface area contributed by atoms with Crippen LogP contribution in [-0.2, 0) is 30.4 Å². The number of H-pyrrole nitrogens is 1. The predicted octanol–water partition coefficient (Wildman–Crippen LogP) is -1.65. The Morgan fingerprint density at radius 1 is 0.946 bits per heavy atom. The number of imidazole rings is 1. The van der Waals surface area contributed by atoms with Crippen molar-refractivity contribution in [2.24, 2.45) is 5.73 Å². The molecule has 208 valence electrons. The maximum Gasteiger partial charge on any atom is 0.243 e. The standard InChI is InChI=1S/C24H42N8O5/c1-15(13-33)28-23(36)19(9-7-8-10-32(4,5)6)30-22(35)17(3)29-24(37)20(31-21(34)16(2)25)11-18-12-26-14-27-18/h12-17,19-20H,7-11,25H2,1-6H3,(H4-,26,27,28,29,30,31,34,35,36,37)/p+1/t15-,16-,17-,19-,20-/m0/s1. The van der Waals surface area contributed by atoms with E-state index in [1.807, 2.05) is 0 Å². The highest BCUT2D eigenvalue weighted by molar-refractivity contribution is 5.94. The smallest absolute Gasteiger partial charge is 0.243 e. The number of aldehydes is 1. The van der Waals surface area contributed by atoms with Gasteiger partial charge in [0.1, 0.15) is 24.4 Å². The molecule has 37 heavy (non-hydrogen) atoms. The van der Waals surface area contributed by atoms with Gasteiger partial charge in [0.15, 0.2) is 0 Å². The number of rotatable bonds is 16. The lowest BCUT2D eigenvalue weighted by atomic mass is 10.1. The van der Waals surface area contributed by atoms with Crippen molar-refractivity contribution in [3.8, 4) is 0 Å². The third kappa shape index (κ3) is 12.5. The van der Waals surface area contributed by atoms with Gasteiger partial charge in [-0.05, 0) is 40.0 Å². The zero-order valence-corrected chi connectivity index (χ0v) is 22.7. The van der Waals surface area contributed by atoms with E-state index in [0.29, 0.717) is 24.8 Å². The molecule has 0 radical (unpaired) electrons. The molecule has 0 spiro atoms. The summed E-state index contributed by atoms with van der Waals surface area (Å²) >= 11 is 0. The first kappa shape index (κ1) is 31.7. The summed E-state index contributed by atoms with van der Waals surface area (Å²) in [6.07, 6.45) is 5.58. The maximum absolute atomic E-state index is 13.0. The van der Waals surface area contributed by atoms with Crippen LogP contribution >= 0.6 is 0 Å². The summed E-state index contributed by atoms with van der Waals surface area (Å²) in [4.78, 5) is 68.5. The Kier molecular flexibility index (Phi) is 12.9. The van der Waals surface area contributed by atoms with Crippen LogP contribution in [0.3, 0.4) is 0 Å². The molecular weight excluding hydrogens is 480 g/mol. The molecule has 1 heterocycles. The number of hydrogen-bond donors (Lipinski definition) is 6. The number of hydrogen-bond acceptors (Lipinski definition) is 7. The third-order valence-corrected chi connectivity index (χ3v) is 5.56. The Morgan fingerprint density at radius 2 is 1.57 bits per heavy atom. The van der Waals surface area contributed by atoms with Gasteiger partial charge in [-0.2, -0.15) is 0 Å². The lowest BCUT2D eigenvalue weighted by Crippen LogP contribution is -2.57. The van der Waals surface area contributed by atoms with Crippen LogP contribution in [0, 0.1) is 0 Å². The zero-order chi connectivity index (χ0) is 28.2. The number of unbranched alkanes of at least 4 members (excludes halogenated alkanes) is 1. The minimum Gasteiger partial charge on any atom is -0.348 e. The minimum atomic E-state index is -1.01. The van der Waals surface area contributed by atoms with Crippen LogP contribution in [0.5, 0.6) is 0 Å². The van der Waals surface area contributed by atoms with E-state index in [2.05, 4.69) is 52.4 Å². The Labute approximate surface area is 218 Å². The first-order chi connectivity index (χ1) is 17.2. The van der Waals surface area contributed by atoms with Crippen LogP contribution in [0.2, 0.25) is 0 Å². The van der Waals surface area contributed by atoms with Crippen LogP contribution in [0.15, 0.2) is 12.5 Å². The largest absolute Gasteiger partial charge is 0.348 e. The number of nitrogens with one attached hydrogen (secondary N) is 5. The molecule has 13 heteroatoms. The van der Waals surface area contributed by atoms with E-state index in [1.54, 1.807) is 6.92 Å². The highest BCUT2D eigenvalue weighted by Crippen LogP contribution is 2.06. The van der Waals surface area contributed by atoms with Gasteiger partial charge in [-0.1, -0.05) is 0 Å². The highest BCUT2D eigenvalue weighted by Gasteiger charge is 2.28. The Balaban J connectivity index is 2.85. The second-order valence-corrected chi connectivity index (χ2v) is 10.4. The van der Waals surface area contributed by atoms with Gasteiger partial charge in [-0.15, -0.1) is 0 Å². The SMILES string of the molecule is C[C@H](N)C(=O)N[C@@H](Cc1cnc[nH]1)C(=O)N[C@@H](C)C(=O)N[C@@H](CCCC[N+](C)(C)C)C(=O)N[C@@H](C)C=O. The molecular formula is C24H43N8O5+. The van der Waals surface area contributed by atoms with Crippen LogP contribution in [0.4, 0.5) is 0 Å². The number of amides is 4. The fourth-order valence-electron chi connectivity index (χ4n) is 3.37. The van der Waals surface area contributed by atoms with E-state index >= 15 is 0 Å². The second kappa shape index (κ2) is 15.1. The number of quaternary nitrogens is 1. The van der Waals surface area contributed by atoms with E-state index in [-0.39, 0.29) is 6.42 Å². The molecule has 13 nitrogen and oxygen atoms in total. The lowest BCUT2D eigenvalue weighted by Gasteiger charge is -2.25. The van der Waals surface area contributed by atoms with Crippen molar-refractivity contribution in [1.29, 1.82) is 0 Å². The first-order valence-corrected chi connectivity index (χ1v) is 12.4. The molecule has 0 aromatic carbocycles. The Bertz CT molecular complexity index is 897. The molecule has 1 aromatic rings. The van der Waals surface area contributed by atoms with E-state index in [0.717, 1.165) is 17.4 Å². The summed E-state index contributed by atoms with van der Waals surface area (Å²) in [6, 6.07) is -4.42. The average Bonchev–Trinajstić information content (AvgIpc) is 3.32. The molecule has 1 aromatic heterocycles. The van der Waals surface area contributed by atoms with Gasteiger partial charge in [-0.3, -0.25) is 19.2 Å². The van der Waals surface area contributed by atoms with Gasteiger partial charge in [0, 0.05) is 18.3 Å². The molecule has 0 bridgehead atoms. The van der Waals surface area contributed by atoms with Crippen LogP contribution < -0.4 is 27.0 Å². The van der Waals surface area contributed by atoms with Crippen molar-refractivity contribution in [3.05, 3.63) is 18.2 Å². The van der Waals surface area contributed by atoms with Gasteiger partial charge in [0.05, 0.1) is 46.1 Å². The molecule has 0 saturated heterocycles. The molecule has 0 fully saturated rings. The number of aromatic amines is 1. The van der Waals surface area contributed by atoms with E-state index in [1.165, 1.54) is 26.4 Å². The number of carbonyl (C=O) groups is 5. The quantitative estimate of drug-likeness (QED) is 0.0850. The fraction of sp³-hybridized carbons (Fsp3) is 0.667. The Hall–Kier alpha value is -3.32. The summed E-state index contributed by atoms with van der Waals surface area (Å²) in [7, 11) is 6.20. The second-order valence-electron chi connectivity index (χ2n) is 10.4. The van der Waals surface area contributed by atoms with Crippen molar-refractivity contribution < 1.29 is 28.5 Å². The van der Waals surface area contributed by atoms with Gasteiger partial charge in [0.25, 0.3) is 0 Å². The van der Waals surface area contributed by atoms with E-state index in [9.17, 15) is 24.0 Å². The average molecular weight is 524 g/mol. The normalized spacial score (nSPS) is 15.4. The lowest BCUT2D eigenvalue weighted by molar-refractivity contribution is -0.870. The van der Waals surface area contributed by atoms with Crippen molar-refractivity contribution in [1.82, 2.24) is 31.2 Å². The molecule has 7 N–H and O–H groups in total. The van der Waals surface area contributed by atoms with Gasteiger partial charge in [-0.25, -0.2) is 4.98 Å². The van der Waals surface area contributed by atoms with Crippen LogP contribution in [0.1, 0.15) is 45.7 Å². The third-order valence-electron chi connectivity index (χ3n) is 5.56. The zero-order valence-electron chi connectivity index (χ0n) is 22.7. The monoisotopic (exact) mass is 523 g/mol. The number of nitrogens with two attached hydrogens (primary N) is 1. The Morgan fingerprint density at radius 3 is 2.11 bits per heavy atom. The van der Waals surface area contributed by atoms with E-state index < -0.39 is 53.8 Å². The molecule has 5 atom stereocenters. The number of nitrogens with zero attached hydrogens (tertiary/aromatic N) is 2. The molecule has 0 aliphatic heterocycles. The first-order valence-electron chi connectivity index (χ1n) is 12.4. The molecule has 4 amide bonds. The van der Waals surface area contributed by atoms with Crippen LogP contribution in [0.25, 0.3) is 0 Å². The topological polar surface area (TPSA) is 188 Å². The van der Waals surface area contributed by atoms with E-state index in [4.69, 9.17) is 5.73 Å². The fourth-order valence-corrected chi connectivity index (χ4v) is 3.37. The van der Waals surface area contributed by atoms with Crippen molar-refractivity contribution in [2.75, 3.05) is 27.7 Å². The summed E-state index contributed by atoms with van der Waals surface area (Å²) in [5.41, 5.74) is 6.23. The van der Waals surface area contributed by atoms with Crippen molar-refractivity contribution in [2.45, 2.75) is 76.7 Å². The summed E-state index contributed by atoms with van der Waals surface area (Å²) in [5, 5.41) is 10.4.